The highest BCUT2D eigenvalue weighted by Crippen LogP contribution is 2.30. The van der Waals surface area contributed by atoms with Gasteiger partial charge in [0.05, 0.1) is 5.56 Å². The summed E-state index contributed by atoms with van der Waals surface area (Å²) in [5.41, 5.74) is 2.09. The molecule has 2 amide bonds. The van der Waals surface area contributed by atoms with Crippen LogP contribution in [0, 0.1) is 5.92 Å². The van der Waals surface area contributed by atoms with Crippen molar-refractivity contribution < 1.29 is 14.3 Å². The first-order valence-electron chi connectivity index (χ1n) is 9.64. The third-order valence-corrected chi connectivity index (χ3v) is 5.11. The molecule has 1 aliphatic carbocycles. The maximum Gasteiger partial charge on any atom is 0.253 e. The zero-order valence-corrected chi connectivity index (χ0v) is 17.7. The van der Waals surface area contributed by atoms with Crippen molar-refractivity contribution >= 4 is 33.4 Å². The highest BCUT2D eigenvalue weighted by Gasteiger charge is 2.29. The first kappa shape index (κ1) is 20.1. The molecule has 3 aromatic rings. The second-order valence-corrected chi connectivity index (χ2v) is 8.01. The molecule has 0 radical (unpaired) electrons. The molecule has 1 aliphatic rings. The van der Waals surface area contributed by atoms with Crippen LogP contribution >= 0.6 is 15.9 Å². The Morgan fingerprint density at radius 3 is 2.63 bits per heavy atom. The summed E-state index contributed by atoms with van der Waals surface area (Å²) in [5.74, 6) is 1.04. The summed E-state index contributed by atoms with van der Waals surface area (Å²) in [6.07, 6.45) is 3.40. The van der Waals surface area contributed by atoms with Crippen molar-refractivity contribution in [2.24, 2.45) is 5.92 Å². The van der Waals surface area contributed by atoms with E-state index < -0.39 is 0 Å². The van der Waals surface area contributed by atoms with Crippen LogP contribution in [0.4, 0.5) is 5.69 Å². The molecule has 1 saturated carbocycles. The molecule has 0 saturated heterocycles. The number of anilines is 1. The SMILES string of the molecule is O=C(NCc1cccc(NC(=O)C2CC2)c1)c1ccc(Oc2cccc(Br)c2)nc1. The smallest absolute Gasteiger partial charge is 0.253 e. The van der Waals surface area contributed by atoms with Crippen molar-refractivity contribution in [2.45, 2.75) is 19.4 Å². The number of aromatic nitrogens is 1. The third kappa shape index (κ3) is 5.45. The summed E-state index contributed by atoms with van der Waals surface area (Å²) in [4.78, 5) is 28.5. The molecule has 30 heavy (non-hydrogen) atoms. The Balaban J connectivity index is 1.32. The van der Waals surface area contributed by atoms with E-state index in [4.69, 9.17) is 4.74 Å². The Morgan fingerprint density at radius 1 is 1.07 bits per heavy atom. The van der Waals surface area contributed by atoms with E-state index in [1.54, 1.807) is 12.1 Å². The van der Waals surface area contributed by atoms with Crippen LogP contribution in [0.2, 0.25) is 0 Å². The van der Waals surface area contributed by atoms with Gasteiger partial charge in [0.2, 0.25) is 11.8 Å². The summed E-state index contributed by atoms with van der Waals surface area (Å²) in [5, 5.41) is 5.78. The second kappa shape index (κ2) is 9.09. The summed E-state index contributed by atoms with van der Waals surface area (Å²) < 4.78 is 6.59. The van der Waals surface area contributed by atoms with E-state index in [2.05, 4.69) is 31.5 Å². The lowest BCUT2D eigenvalue weighted by Gasteiger charge is -2.09. The Hall–Kier alpha value is -3.19. The van der Waals surface area contributed by atoms with E-state index in [1.807, 2.05) is 48.5 Å². The fraction of sp³-hybridized carbons (Fsp3) is 0.174. The van der Waals surface area contributed by atoms with Crippen molar-refractivity contribution in [1.82, 2.24) is 10.3 Å². The molecular formula is C23H20BrN3O3. The lowest BCUT2D eigenvalue weighted by atomic mass is 10.2. The molecule has 0 bridgehead atoms. The van der Waals surface area contributed by atoms with Gasteiger partial charge < -0.3 is 15.4 Å². The van der Waals surface area contributed by atoms with Gasteiger partial charge in [-0.05, 0) is 54.8 Å². The molecule has 6 nitrogen and oxygen atoms in total. The monoisotopic (exact) mass is 465 g/mol. The summed E-state index contributed by atoms with van der Waals surface area (Å²) in [7, 11) is 0. The standard InChI is InChI=1S/C23H20BrN3O3/c24-18-4-2-6-20(12-18)30-21-10-9-17(14-25-21)22(28)26-13-15-3-1-5-19(11-15)27-23(29)16-7-8-16/h1-6,9-12,14,16H,7-8,13H2,(H,26,28)(H,27,29). The van der Waals surface area contributed by atoms with Crippen LogP contribution in [0.1, 0.15) is 28.8 Å². The predicted molar refractivity (Wildman–Crippen MR) is 117 cm³/mol. The number of carbonyl (C=O) groups excluding carboxylic acids is 2. The molecule has 1 fully saturated rings. The molecule has 1 heterocycles. The number of hydrogen-bond donors (Lipinski definition) is 2. The van der Waals surface area contributed by atoms with Crippen molar-refractivity contribution in [2.75, 3.05) is 5.32 Å². The van der Waals surface area contributed by atoms with Gasteiger partial charge in [-0.25, -0.2) is 4.98 Å². The second-order valence-electron chi connectivity index (χ2n) is 7.09. The topological polar surface area (TPSA) is 80.3 Å². The van der Waals surface area contributed by atoms with Gasteiger partial charge in [0.25, 0.3) is 5.91 Å². The molecule has 0 aliphatic heterocycles. The van der Waals surface area contributed by atoms with Crippen LogP contribution in [-0.4, -0.2) is 16.8 Å². The molecule has 1 aromatic heterocycles. The lowest BCUT2D eigenvalue weighted by Crippen LogP contribution is -2.23. The van der Waals surface area contributed by atoms with E-state index in [-0.39, 0.29) is 17.7 Å². The number of benzene rings is 2. The minimum absolute atomic E-state index is 0.0624. The van der Waals surface area contributed by atoms with Gasteiger partial charge in [-0.2, -0.15) is 0 Å². The highest BCUT2D eigenvalue weighted by molar-refractivity contribution is 9.10. The maximum absolute atomic E-state index is 12.4. The third-order valence-electron chi connectivity index (χ3n) is 4.61. The molecule has 152 valence electrons. The van der Waals surface area contributed by atoms with E-state index >= 15 is 0 Å². The molecule has 0 atom stereocenters. The Bertz CT molecular complexity index is 1070. The number of ether oxygens (including phenoxy) is 1. The van der Waals surface area contributed by atoms with Crippen LogP contribution in [-0.2, 0) is 11.3 Å². The number of nitrogens with zero attached hydrogens (tertiary/aromatic N) is 1. The molecule has 2 N–H and O–H groups in total. The molecular weight excluding hydrogens is 446 g/mol. The van der Waals surface area contributed by atoms with Crippen molar-refractivity contribution in [3.05, 3.63) is 82.5 Å². The van der Waals surface area contributed by atoms with Gasteiger partial charge in [-0.1, -0.05) is 34.1 Å². The van der Waals surface area contributed by atoms with Crippen LogP contribution in [0.3, 0.4) is 0 Å². The number of amides is 2. The number of rotatable bonds is 7. The zero-order chi connectivity index (χ0) is 20.9. The number of halogens is 1. The average Bonchev–Trinajstić information content (AvgIpc) is 3.58. The fourth-order valence-electron chi connectivity index (χ4n) is 2.86. The first-order valence-corrected chi connectivity index (χ1v) is 10.4. The van der Waals surface area contributed by atoms with E-state index in [0.717, 1.165) is 28.6 Å². The van der Waals surface area contributed by atoms with Gasteiger partial charge >= 0.3 is 0 Å². The summed E-state index contributed by atoms with van der Waals surface area (Å²) >= 11 is 3.39. The Kier molecular flexibility index (Phi) is 6.09. The van der Waals surface area contributed by atoms with Gasteiger partial charge in [0, 0.05) is 34.9 Å². The van der Waals surface area contributed by atoms with Gasteiger partial charge in [-0.3, -0.25) is 9.59 Å². The number of pyridine rings is 1. The Morgan fingerprint density at radius 2 is 1.90 bits per heavy atom. The fourth-order valence-corrected chi connectivity index (χ4v) is 3.24. The van der Waals surface area contributed by atoms with Crippen LogP contribution in [0.25, 0.3) is 0 Å². The van der Waals surface area contributed by atoms with E-state index in [1.165, 1.54) is 6.20 Å². The van der Waals surface area contributed by atoms with Crippen molar-refractivity contribution in [3.8, 4) is 11.6 Å². The predicted octanol–water partition coefficient (Wildman–Crippen LogP) is 4.91. The lowest BCUT2D eigenvalue weighted by molar-refractivity contribution is -0.117. The minimum Gasteiger partial charge on any atom is -0.439 e. The normalized spacial score (nSPS) is 12.8. The number of nitrogens with one attached hydrogen (secondary N) is 2. The minimum atomic E-state index is -0.232. The quantitative estimate of drug-likeness (QED) is 0.519. The summed E-state index contributed by atoms with van der Waals surface area (Å²) in [6, 6.07) is 18.2. The molecule has 7 heteroatoms. The molecule has 0 spiro atoms. The largest absolute Gasteiger partial charge is 0.439 e. The highest BCUT2D eigenvalue weighted by atomic mass is 79.9. The van der Waals surface area contributed by atoms with Crippen molar-refractivity contribution in [3.63, 3.8) is 0 Å². The number of carbonyl (C=O) groups is 2. The van der Waals surface area contributed by atoms with Crippen LogP contribution in [0.15, 0.2) is 71.3 Å². The van der Waals surface area contributed by atoms with E-state index in [0.29, 0.717) is 23.7 Å². The van der Waals surface area contributed by atoms with Gasteiger partial charge in [0.1, 0.15) is 5.75 Å². The average molecular weight is 466 g/mol. The maximum atomic E-state index is 12.4. The molecule has 2 aromatic carbocycles. The number of hydrogen-bond acceptors (Lipinski definition) is 4. The zero-order valence-electron chi connectivity index (χ0n) is 16.1. The molecule has 0 unspecified atom stereocenters. The van der Waals surface area contributed by atoms with Crippen molar-refractivity contribution in [1.29, 1.82) is 0 Å². The first-order chi connectivity index (χ1) is 14.6. The summed E-state index contributed by atoms with van der Waals surface area (Å²) in [6.45, 7) is 0.349. The van der Waals surface area contributed by atoms with Crippen LogP contribution in [0.5, 0.6) is 11.6 Å². The molecule has 4 rings (SSSR count). The van der Waals surface area contributed by atoms with E-state index in [9.17, 15) is 9.59 Å². The van der Waals surface area contributed by atoms with Gasteiger partial charge in [0.15, 0.2) is 0 Å². The van der Waals surface area contributed by atoms with Gasteiger partial charge in [-0.15, -0.1) is 0 Å². The Labute approximate surface area is 182 Å². The van der Waals surface area contributed by atoms with Crippen LogP contribution < -0.4 is 15.4 Å².